The highest BCUT2D eigenvalue weighted by atomic mass is 16.2. The number of rotatable bonds is 5. The van der Waals surface area contributed by atoms with E-state index in [4.69, 9.17) is 0 Å². The van der Waals surface area contributed by atoms with Gasteiger partial charge in [0.1, 0.15) is 5.69 Å². The maximum absolute atomic E-state index is 12.6. The van der Waals surface area contributed by atoms with E-state index in [-0.39, 0.29) is 17.9 Å². The number of imidazole rings is 1. The summed E-state index contributed by atoms with van der Waals surface area (Å²) < 4.78 is 1.93. The van der Waals surface area contributed by atoms with Gasteiger partial charge in [-0.3, -0.25) is 9.59 Å². The first-order valence-corrected chi connectivity index (χ1v) is 8.95. The van der Waals surface area contributed by atoms with Gasteiger partial charge in [0, 0.05) is 19.1 Å². The number of fused-ring (bicyclic) bond motifs is 1. The van der Waals surface area contributed by atoms with Crippen LogP contribution in [0.3, 0.4) is 0 Å². The summed E-state index contributed by atoms with van der Waals surface area (Å²) in [6.45, 7) is 1.21. The van der Waals surface area contributed by atoms with Crippen LogP contribution in [0.1, 0.15) is 58.0 Å². The van der Waals surface area contributed by atoms with Crippen LogP contribution in [0.2, 0.25) is 0 Å². The summed E-state index contributed by atoms with van der Waals surface area (Å²) in [5.41, 5.74) is 2.32. The molecule has 4 rings (SSSR count). The Morgan fingerprint density at radius 2 is 1.92 bits per heavy atom. The van der Waals surface area contributed by atoms with Gasteiger partial charge in [-0.25, -0.2) is 4.98 Å². The monoisotopic (exact) mass is 338 g/mol. The van der Waals surface area contributed by atoms with Crippen LogP contribution < -0.4 is 10.6 Å². The van der Waals surface area contributed by atoms with Gasteiger partial charge in [0.05, 0.1) is 5.69 Å². The molecular formula is C19H22N4O2. The number of hydrogen-bond donors (Lipinski definition) is 2. The van der Waals surface area contributed by atoms with Crippen LogP contribution in [0, 0.1) is 0 Å². The molecule has 1 aromatic heterocycles. The lowest BCUT2D eigenvalue weighted by atomic mass is 10.1. The van der Waals surface area contributed by atoms with Crippen molar-refractivity contribution in [2.24, 2.45) is 0 Å². The van der Waals surface area contributed by atoms with Crippen LogP contribution in [0.5, 0.6) is 0 Å². The fourth-order valence-corrected chi connectivity index (χ4v) is 3.24. The van der Waals surface area contributed by atoms with Crippen molar-refractivity contribution in [3.63, 3.8) is 0 Å². The first kappa shape index (κ1) is 15.9. The highest BCUT2D eigenvalue weighted by molar-refractivity contribution is 5.97. The van der Waals surface area contributed by atoms with E-state index in [1.165, 1.54) is 0 Å². The van der Waals surface area contributed by atoms with E-state index in [0.717, 1.165) is 49.9 Å². The first-order chi connectivity index (χ1) is 12.2. The molecule has 6 nitrogen and oxygen atoms in total. The minimum Gasteiger partial charge on any atom is -0.347 e. The average Bonchev–Trinajstić information content (AvgIpc) is 3.37. The van der Waals surface area contributed by atoms with Gasteiger partial charge >= 0.3 is 0 Å². The lowest BCUT2D eigenvalue weighted by molar-refractivity contribution is 0.0935. The molecular weight excluding hydrogens is 316 g/mol. The summed E-state index contributed by atoms with van der Waals surface area (Å²) in [5, 5.41) is 5.90. The van der Waals surface area contributed by atoms with Crippen LogP contribution in [0.4, 0.5) is 0 Å². The largest absolute Gasteiger partial charge is 0.347 e. The molecule has 130 valence electrons. The van der Waals surface area contributed by atoms with Gasteiger partial charge in [0.2, 0.25) is 0 Å². The summed E-state index contributed by atoms with van der Waals surface area (Å²) in [4.78, 5) is 29.5. The van der Waals surface area contributed by atoms with Gasteiger partial charge in [-0.2, -0.15) is 0 Å². The van der Waals surface area contributed by atoms with E-state index in [1.807, 2.05) is 34.9 Å². The van der Waals surface area contributed by atoms with Gasteiger partial charge in [-0.15, -0.1) is 0 Å². The van der Waals surface area contributed by atoms with E-state index in [2.05, 4.69) is 15.6 Å². The Morgan fingerprint density at radius 3 is 2.68 bits per heavy atom. The molecule has 0 radical (unpaired) electrons. The molecule has 2 aliphatic rings. The zero-order valence-corrected chi connectivity index (χ0v) is 14.1. The second-order valence-electron chi connectivity index (χ2n) is 6.76. The number of carbonyl (C=O) groups is 2. The minimum absolute atomic E-state index is 0.159. The number of amides is 2. The molecule has 1 fully saturated rings. The van der Waals surface area contributed by atoms with Gasteiger partial charge in [-0.1, -0.05) is 30.3 Å². The Hall–Kier alpha value is -2.63. The van der Waals surface area contributed by atoms with Gasteiger partial charge in [-0.05, 0) is 37.7 Å². The quantitative estimate of drug-likeness (QED) is 0.876. The van der Waals surface area contributed by atoms with E-state index in [1.54, 1.807) is 0 Å². The molecule has 2 amide bonds. The maximum Gasteiger partial charge on any atom is 0.287 e. The molecule has 1 aliphatic carbocycles. The third kappa shape index (κ3) is 3.43. The standard InChI is InChI=1S/C19H22N4O2/c24-18(20-12-13-6-2-1-3-7-13)16-15-8-4-5-11-23(15)17(22-16)19(25)21-14-9-10-14/h1-3,6-7,14H,4-5,8-12H2,(H,20,24)(H,21,25). The van der Waals surface area contributed by atoms with E-state index in [0.29, 0.717) is 18.1 Å². The Bertz CT molecular complexity index is 793. The number of benzene rings is 1. The fourth-order valence-electron chi connectivity index (χ4n) is 3.24. The van der Waals surface area contributed by atoms with Crippen LogP contribution in [0.15, 0.2) is 30.3 Å². The molecule has 0 unspecified atom stereocenters. The third-order valence-electron chi connectivity index (χ3n) is 4.74. The minimum atomic E-state index is -0.208. The highest BCUT2D eigenvalue weighted by Gasteiger charge is 2.30. The van der Waals surface area contributed by atoms with Crippen molar-refractivity contribution in [3.05, 3.63) is 53.1 Å². The summed E-state index contributed by atoms with van der Waals surface area (Å²) in [5.74, 6) is 0.0131. The third-order valence-corrected chi connectivity index (χ3v) is 4.74. The van der Waals surface area contributed by atoms with E-state index >= 15 is 0 Å². The zero-order chi connectivity index (χ0) is 17.2. The molecule has 1 aliphatic heterocycles. The summed E-state index contributed by atoms with van der Waals surface area (Å²) >= 11 is 0. The normalized spacial score (nSPS) is 16.2. The molecule has 25 heavy (non-hydrogen) atoms. The Morgan fingerprint density at radius 1 is 1.12 bits per heavy atom. The Kier molecular flexibility index (Phi) is 4.26. The lowest BCUT2D eigenvalue weighted by Crippen LogP contribution is -2.29. The van der Waals surface area contributed by atoms with Crippen LogP contribution in [-0.4, -0.2) is 27.4 Å². The van der Waals surface area contributed by atoms with Crippen LogP contribution in [0.25, 0.3) is 0 Å². The first-order valence-electron chi connectivity index (χ1n) is 8.95. The molecule has 0 atom stereocenters. The molecule has 2 aromatic rings. The summed E-state index contributed by atoms with van der Waals surface area (Å²) in [6.07, 6.45) is 4.89. The number of hydrogen-bond acceptors (Lipinski definition) is 3. The smallest absolute Gasteiger partial charge is 0.287 e. The molecule has 6 heteroatoms. The van der Waals surface area contributed by atoms with Crippen LogP contribution in [-0.2, 0) is 19.5 Å². The van der Waals surface area contributed by atoms with E-state index in [9.17, 15) is 9.59 Å². The van der Waals surface area contributed by atoms with Crippen molar-refractivity contribution in [2.45, 2.75) is 51.2 Å². The molecule has 1 saturated carbocycles. The van der Waals surface area contributed by atoms with Gasteiger partial charge < -0.3 is 15.2 Å². The number of nitrogens with zero attached hydrogens (tertiary/aromatic N) is 2. The molecule has 1 aromatic carbocycles. The SMILES string of the molecule is O=C(NCc1ccccc1)c1nc(C(=O)NC2CC2)n2c1CCCC2. The van der Waals surface area contributed by atoms with Gasteiger partial charge in [0.15, 0.2) is 5.82 Å². The molecule has 0 spiro atoms. The number of aromatic nitrogens is 2. The molecule has 2 N–H and O–H groups in total. The molecule has 2 heterocycles. The summed E-state index contributed by atoms with van der Waals surface area (Å²) in [7, 11) is 0. The Balaban J connectivity index is 1.54. The van der Waals surface area contributed by atoms with Crippen molar-refractivity contribution < 1.29 is 9.59 Å². The average molecular weight is 338 g/mol. The predicted octanol–water partition coefficient (Wildman–Crippen LogP) is 2.04. The second kappa shape index (κ2) is 6.70. The predicted molar refractivity (Wildman–Crippen MR) is 93.3 cm³/mol. The number of nitrogens with one attached hydrogen (secondary N) is 2. The second-order valence-corrected chi connectivity index (χ2v) is 6.76. The lowest BCUT2D eigenvalue weighted by Gasteiger charge is -2.17. The highest BCUT2D eigenvalue weighted by Crippen LogP contribution is 2.23. The maximum atomic E-state index is 12.6. The zero-order valence-electron chi connectivity index (χ0n) is 14.1. The summed E-state index contributed by atoms with van der Waals surface area (Å²) in [6, 6.07) is 10.1. The van der Waals surface area contributed by atoms with Crippen LogP contribution >= 0.6 is 0 Å². The Labute approximate surface area is 146 Å². The number of carbonyl (C=O) groups excluding carboxylic acids is 2. The van der Waals surface area contributed by atoms with Gasteiger partial charge in [0.25, 0.3) is 11.8 Å². The van der Waals surface area contributed by atoms with Crippen molar-refractivity contribution >= 4 is 11.8 Å². The van der Waals surface area contributed by atoms with Crippen molar-refractivity contribution in [3.8, 4) is 0 Å². The van der Waals surface area contributed by atoms with E-state index < -0.39 is 0 Å². The molecule has 0 bridgehead atoms. The fraction of sp³-hybridized carbons (Fsp3) is 0.421. The molecule has 0 saturated heterocycles. The topological polar surface area (TPSA) is 76.0 Å². The van der Waals surface area contributed by atoms with Crippen molar-refractivity contribution in [1.29, 1.82) is 0 Å². The van der Waals surface area contributed by atoms with Crippen molar-refractivity contribution in [1.82, 2.24) is 20.2 Å². The van der Waals surface area contributed by atoms with Crippen molar-refractivity contribution in [2.75, 3.05) is 0 Å².